The zero-order valence-electron chi connectivity index (χ0n) is 22.8. The Hall–Kier alpha value is -3.04. The lowest BCUT2D eigenvalue weighted by molar-refractivity contribution is 0.0356. The number of piperidine rings is 1. The quantitative estimate of drug-likeness (QED) is 0.448. The standard InChI is InChI=1S/C29H40N6O3/c1-21-17-22-18-23(36-2)19-26(27(22)30-21)35-11-7-24-25(20-35)31-29(32-28(24)34-9-4-3-5-10-34)38-14-6-8-33-12-15-37-16-13-33/h17-19,30H,3-16,20H2,1-2H3. The minimum Gasteiger partial charge on any atom is -0.497 e. The van der Waals surface area contributed by atoms with Gasteiger partial charge in [-0.3, -0.25) is 4.90 Å². The number of benzene rings is 1. The van der Waals surface area contributed by atoms with Gasteiger partial charge in [-0.2, -0.15) is 9.97 Å². The van der Waals surface area contributed by atoms with Crippen LogP contribution in [0, 0.1) is 6.92 Å². The van der Waals surface area contributed by atoms with E-state index in [2.05, 4.69) is 44.8 Å². The molecule has 0 bridgehead atoms. The lowest BCUT2D eigenvalue weighted by Gasteiger charge is -2.35. The molecule has 0 amide bonds. The minimum absolute atomic E-state index is 0.514. The molecule has 0 aliphatic carbocycles. The largest absolute Gasteiger partial charge is 0.497 e. The summed E-state index contributed by atoms with van der Waals surface area (Å²) in [6, 6.07) is 6.93. The first-order chi connectivity index (χ1) is 18.7. The maximum Gasteiger partial charge on any atom is 0.318 e. The van der Waals surface area contributed by atoms with Gasteiger partial charge >= 0.3 is 6.01 Å². The van der Waals surface area contributed by atoms with E-state index in [0.717, 1.165) is 106 Å². The second kappa shape index (κ2) is 11.4. The Kier molecular flexibility index (Phi) is 7.56. The molecule has 6 rings (SSSR count). The van der Waals surface area contributed by atoms with Crippen LogP contribution in [0.2, 0.25) is 0 Å². The average Bonchev–Trinajstić information content (AvgIpc) is 3.35. The molecule has 1 aromatic carbocycles. The number of hydrogen-bond donors (Lipinski definition) is 1. The predicted octanol–water partition coefficient (Wildman–Crippen LogP) is 3.93. The SMILES string of the molecule is COc1cc(N2CCc3c(nc(OCCCN4CCOCC4)nc3N3CCCCC3)C2)c2[nH]c(C)cc2c1. The van der Waals surface area contributed by atoms with E-state index in [0.29, 0.717) is 12.6 Å². The summed E-state index contributed by atoms with van der Waals surface area (Å²) < 4.78 is 17.3. The van der Waals surface area contributed by atoms with Gasteiger partial charge in [-0.15, -0.1) is 0 Å². The van der Waals surface area contributed by atoms with E-state index >= 15 is 0 Å². The van der Waals surface area contributed by atoms with E-state index in [1.165, 1.54) is 30.2 Å². The molecule has 1 N–H and O–H groups in total. The lowest BCUT2D eigenvalue weighted by atomic mass is 10.0. The van der Waals surface area contributed by atoms with Crippen molar-refractivity contribution >= 4 is 22.4 Å². The Morgan fingerprint density at radius 3 is 2.63 bits per heavy atom. The molecular weight excluding hydrogens is 480 g/mol. The second-order valence-electron chi connectivity index (χ2n) is 10.7. The number of nitrogens with zero attached hydrogens (tertiary/aromatic N) is 5. The van der Waals surface area contributed by atoms with Crippen molar-refractivity contribution < 1.29 is 14.2 Å². The third kappa shape index (κ3) is 5.40. The van der Waals surface area contributed by atoms with Crippen molar-refractivity contribution in [3.05, 3.63) is 35.2 Å². The molecule has 38 heavy (non-hydrogen) atoms. The monoisotopic (exact) mass is 520 g/mol. The molecule has 9 nitrogen and oxygen atoms in total. The summed E-state index contributed by atoms with van der Waals surface area (Å²) in [5, 5.41) is 1.17. The fourth-order valence-electron chi connectivity index (χ4n) is 6.01. The molecule has 2 saturated heterocycles. The van der Waals surface area contributed by atoms with Crippen LogP contribution in [-0.4, -0.2) is 86.1 Å². The molecule has 204 valence electrons. The summed E-state index contributed by atoms with van der Waals surface area (Å²) in [4.78, 5) is 20.8. The van der Waals surface area contributed by atoms with Crippen LogP contribution in [0.5, 0.6) is 11.8 Å². The Morgan fingerprint density at radius 2 is 1.82 bits per heavy atom. The minimum atomic E-state index is 0.514. The van der Waals surface area contributed by atoms with Gasteiger partial charge < -0.3 is 29.0 Å². The van der Waals surface area contributed by atoms with E-state index in [-0.39, 0.29) is 0 Å². The maximum absolute atomic E-state index is 6.19. The van der Waals surface area contributed by atoms with Crippen LogP contribution in [-0.2, 0) is 17.7 Å². The summed E-state index contributed by atoms with van der Waals surface area (Å²) in [6.07, 6.45) is 5.60. The Bertz CT molecular complexity index is 1250. The number of aromatic nitrogens is 3. The Morgan fingerprint density at radius 1 is 0.974 bits per heavy atom. The molecule has 3 aliphatic heterocycles. The number of morpholine rings is 1. The predicted molar refractivity (Wildman–Crippen MR) is 150 cm³/mol. The smallest absolute Gasteiger partial charge is 0.318 e. The van der Waals surface area contributed by atoms with Crippen LogP contribution >= 0.6 is 0 Å². The molecule has 3 aromatic rings. The van der Waals surface area contributed by atoms with E-state index in [1.807, 2.05) is 0 Å². The molecular formula is C29H40N6O3. The van der Waals surface area contributed by atoms with Crippen molar-refractivity contribution in [3.63, 3.8) is 0 Å². The molecule has 2 aromatic heterocycles. The molecule has 0 unspecified atom stereocenters. The molecule has 5 heterocycles. The number of H-pyrrole nitrogens is 1. The molecule has 9 heteroatoms. The number of rotatable bonds is 8. The van der Waals surface area contributed by atoms with Crippen LogP contribution < -0.4 is 19.3 Å². The van der Waals surface area contributed by atoms with Crippen LogP contribution in [0.3, 0.4) is 0 Å². The number of hydrogen-bond acceptors (Lipinski definition) is 8. The highest BCUT2D eigenvalue weighted by Gasteiger charge is 2.28. The van der Waals surface area contributed by atoms with Crippen LogP contribution in [0.15, 0.2) is 18.2 Å². The third-order valence-corrected chi connectivity index (χ3v) is 8.02. The number of aryl methyl sites for hydroxylation is 1. The van der Waals surface area contributed by atoms with Crippen molar-refractivity contribution in [1.82, 2.24) is 19.9 Å². The maximum atomic E-state index is 6.19. The summed E-state index contributed by atoms with van der Waals surface area (Å²) in [5.74, 6) is 1.96. The molecule has 0 saturated carbocycles. The van der Waals surface area contributed by atoms with E-state index in [4.69, 9.17) is 24.2 Å². The number of aromatic amines is 1. The zero-order valence-corrected chi connectivity index (χ0v) is 22.8. The fourth-order valence-corrected chi connectivity index (χ4v) is 6.01. The molecule has 3 aliphatic rings. The van der Waals surface area contributed by atoms with E-state index in [1.54, 1.807) is 7.11 Å². The highest BCUT2D eigenvalue weighted by Crippen LogP contribution is 2.37. The van der Waals surface area contributed by atoms with Crippen LogP contribution in [0.1, 0.15) is 42.6 Å². The van der Waals surface area contributed by atoms with Crippen molar-refractivity contribution in [2.45, 2.75) is 45.6 Å². The number of anilines is 2. The fraction of sp³-hybridized carbons (Fsp3) is 0.586. The van der Waals surface area contributed by atoms with Crippen LogP contribution in [0.4, 0.5) is 11.5 Å². The van der Waals surface area contributed by atoms with Crippen molar-refractivity contribution in [2.24, 2.45) is 0 Å². The highest BCUT2D eigenvalue weighted by atomic mass is 16.5. The molecule has 2 fully saturated rings. The van der Waals surface area contributed by atoms with Gasteiger partial charge in [0.05, 0.1) is 50.4 Å². The van der Waals surface area contributed by atoms with Crippen molar-refractivity contribution in [1.29, 1.82) is 0 Å². The number of fused-ring (bicyclic) bond motifs is 2. The van der Waals surface area contributed by atoms with Gasteiger partial charge in [0, 0.05) is 62.0 Å². The first kappa shape index (κ1) is 25.2. The highest BCUT2D eigenvalue weighted by molar-refractivity contribution is 5.94. The van der Waals surface area contributed by atoms with E-state index < -0.39 is 0 Å². The van der Waals surface area contributed by atoms with E-state index in [9.17, 15) is 0 Å². The van der Waals surface area contributed by atoms with Gasteiger partial charge in [-0.05, 0) is 51.2 Å². The van der Waals surface area contributed by atoms with Gasteiger partial charge in [-0.25, -0.2) is 0 Å². The third-order valence-electron chi connectivity index (χ3n) is 8.02. The Labute approximate surface area is 225 Å². The number of methoxy groups -OCH3 is 1. The Balaban J connectivity index is 1.25. The summed E-state index contributed by atoms with van der Waals surface area (Å²) in [6.45, 7) is 11.1. The van der Waals surface area contributed by atoms with Crippen LogP contribution in [0.25, 0.3) is 10.9 Å². The average molecular weight is 521 g/mol. The molecule has 0 spiro atoms. The second-order valence-corrected chi connectivity index (χ2v) is 10.7. The van der Waals surface area contributed by atoms with Crippen molar-refractivity contribution in [2.75, 3.05) is 76.0 Å². The first-order valence-electron chi connectivity index (χ1n) is 14.2. The molecule has 0 radical (unpaired) electrons. The van der Waals surface area contributed by atoms with Gasteiger partial charge in [0.2, 0.25) is 0 Å². The lowest BCUT2D eigenvalue weighted by Crippen LogP contribution is -2.37. The summed E-state index contributed by atoms with van der Waals surface area (Å²) in [5.41, 5.74) is 5.81. The van der Waals surface area contributed by atoms with Gasteiger partial charge in [0.15, 0.2) is 0 Å². The summed E-state index contributed by atoms with van der Waals surface area (Å²) >= 11 is 0. The first-order valence-corrected chi connectivity index (χ1v) is 14.2. The zero-order chi connectivity index (χ0) is 25.9. The van der Waals surface area contributed by atoms with Gasteiger partial charge in [0.1, 0.15) is 11.6 Å². The topological polar surface area (TPSA) is 79.0 Å². The normalized spacial score (nSPS) is 18.6. The number of nitrogens with one attached hydrogen (secondary N) is 1. The van der Waals surface area contributed by atoms with Crippen molar-refractivity contribution in [3.8, 4) is 11.8 Å². The number of ether oxygens (including phenoxy) is 3. The van der Waals surface area contributed by atoms with Gasteiger partial charge in [-0.1, -0.05) is 0 Å². The van der Waals surface area contributed by atoms with Gasteiger partial charge in [0.25, 0.3) is 0 Å². The summed E-state index contributed by atoms with van der Waals surface area (Å²) in [7, 11) is 1.73. The molecule has 0 atom stereocenters.